The van der Waals surface area contributed by atoms with Crippen LogP contribution in [0.2, 0.25) is 5.02 Å². The topological polar surface area (TPSA) is 76.7 Å². The van der Waals surface area contributed by atoms with Gasteiger partial charge in [-0.3, -0.25) is 9.59 Å². The highest BCUT2D eigenvalue weighted by Crippen LogP contribution is 2.28. The zero-order valence-corrected chi connectivity index (χ0v) is 17.5. The van der Waals surface area contributed by atoms with Crippen molar-refractivity contribution in [3.05, 3.63) is 47.5 Å². The van der Waals surface area contributed by atoms with Gasteiger partial charge in [-0.05, 0) is 44.2 Å². The van der Waals surface area contributed by atoms with E-state index in [1.807, 2.05) is 19.1 Å². The van der Waals surface area contributed by atoms with Crippen molar-refractivity contribution in [3.8, 4) is 11.5 Å². The van der Waals surface area contributed by atoms with Crippen molar-refractivity contribution in [2.75, 3.05) is 30.1 Å². The lowest BCUT2D eigenvalue weighted by molar-refractivity contribution is -0.115. The summed E-state index contributed by atoms with van der Waals surface area (Å²) < 4.78 is 10.7. The SMILES string of the molecule is CCOc1ccccc1NC(=O)CS[C@H](C)C(=O)Nc1cc(Cl)ccc1OC. The van der Waals surface area contributed by atoms with Crippen molar-refractivity contribution in [1.82, 2.24) is 0 Å². The predicted molar refractivity (Wildman–Crippen MR) is 115 cm³/mol. The molecule has 0 heterocycles. The number of methoxy groups -OCH3 is 1. The number of nitrogens with one attached hydrogen (secondary N) is 2. The molecule has 0 aliphatic rings. The van der Waals surface area contributed by atoms with Crippen LogP contribution in [0.5, 0.6) is 11.5 Å². The number of hydrogen-bond donors (Lipinski definition) is 2. The standard InChI is InChI=1S/C20H23ClN2O4S/c1-4-27-18-8-6-5-7-15(18)22-19(24)12-28-13(2)20(25)23-16-11-14(21)9-10-17(16)26-3/h5-11,13H,4,12H2,1-3H3,(H,22,24)(H,23,25)/t13-/m1/s1. The molecule has 0 unspecified atom stereocenters. The van der Waals surface area contributed by atoms with Gasteiger partial charge in [-0.25, -0.2) is 0 Å². The smallest absolute Gasteiger partial charge is 0.237 e. The first kappa shape index (κ1) is 21.9. The van der Waals surface area contributed by atoms with Crippen LogP contribution >= 0.6 is 23.4 Å². The van der Waals surface area contributed by atoms with Crippen LogP contribution in [0.1, 0.15) is 13.8 Å². The predicted octanol–water partition coefficient (Wildman–Crippen LogP) is 4.45. The Labute approximate surface area is 173 Å². The first-order valence-electron chi connectivity index (χ1n) is 8.72. The number of thioether (sulfide) groups is 1. The zero-order chi connectivity index (χ0) is 20.5. The number of anilines is 2. The summed E-state index contributed by atoms with van der Waals surface area (Å²) in [4.78, 5) is 24.7. The maximum Gasteiger partial charge on any atom is 0.237 e. The first-order valence-corrected chi connectivity index (χ1v) is 10.1. The van der Waals surface area contributed by atoms with Crippen LogP contribution in [-0.2, 0) is 9.59 Å². The first-order chi connectivity index (χ1) is 13.4. The fraction of sp³-hybridized carbons (Fsp3) is 0.300. The maximum absolute atomic E-state index is 12.4. The molecular weight excluding hydrogens is 400 g/mol. The lowest BCUT2D eigenvalue weighted by atomic mass is 10.3. The number of para-hydroxylation sites is 2. The van der Waals surface area contributed by atoms with Crippen LogP contribution in [-0.4, -0.2) is 36.5 Å². The highest BCUT2D eigenvalue weighted by Gasteiger charge is 2.18. The molecule has 2 aromatic carbocycles. The van der Waals surface area contributed by atoms with E-state index in [0.29, 0.717) is 34.5 Å². The lowest BCUT2D eigenvalue weighted by Gasteiger charge is -2.15. The van der Waals surface area contributed by atoms with Crippen molar-refractivity contribution in [3.63, 3.8) is 0 Å². The van der Waals surface area contributed by atoms with Crippen LogP contribution in [0.3, 0.4) is 0 Å². The van der Waals surface area contributed by atoms with Gasteiger partial charge in [0, 0.05) is 5.02 Å². The largest absolute Gasteiger partial charge is 0.495 e. The molecule has 0 saturated heterocycles. The second kappa shape index (κ2) is 10.8. The van der Waals surface area contributed by atoms with Crippen molar-refractivity contribution >= 4 is 46.6 Å². The molecule has 0 aliphatic carbocycles. The van der Waals surface area contributed by atoms with E-state index in [0.717, 1.165) is 0 Å². The summed E-state index contributed by atoms with van der Waals surface area (Å²) in [6.07, 6.45) is 0. The van der Waals surface area contributed by atoms with E-state index in [2.05, 4.69) is 10.6 Å². The van der Waals surface area contributed by atoms with Gasteiger partial charge in [-0.1, -0.05) is 23.7 Å². The summed E-state index contributed by atoms with van der Waals surface area (Å²) in [6.45, 7) is 4.12. The number of carbonyl (C=O) groups is 2. The van der Waals surface area contributed by atoms with E-state index in [4.69, 9.17) is 21.1 Å². The van der Waals surface area contributed by atoms with Gasteiger partial charge >= 0.3 is 0 Å². The molecular formula is C20H23ClN2O4S. The van der Waals surface area contributed by atoms with E-state index in [1.165, 1.54) is 18.9 Å². The number of halogens is 1. The Morgan fingerprint density at radius 3 is 2.57 bits per heavy atom. The van der Waals surface area contributed by atoms with Crippen molar-refractivity contribution < 1.29 is 19.1 Å². The van der Waals surface area contributed by atoms with Crippen LogP contribution < -0.4 is 20.1 Å². The van der Waals surface area contributed by atoms with Gasteiger partial charge in [-0.2, -0.15) is 0 Å². The van der Waals surface area contributed by atoms with Crippen LogP contribution in [0, 0.1) is 0 Å². The third kappa shape index (κ3) is 6.35. The molecule has 6 nitrogen and oxygen atoms in total. The van der Waals surface area contributed by atoms with Crippen molar-refractivity contribution in [2.24, 2.45) is 0 Å². The molecule has 150 valence electrons. The minimum absolute atomic E-state index is 0.127. The fourth-order valence-electron chi connectivity index (χ4n) is 2.33. The van der Waals surface area contributed by atoms with E-state index in [1.54, 1.807) is 37.3 Å². The molecule has 0 spiro atoms. The Balaban J connectivity index is 1.89. The Hall–Kier alpha value is -2.38. The molecule has 2 N–H and O–H groups in total. The number of hydrogen-bond acceptors (Lipinski definition) is 5. The number of amides is 2. The summed E-state index contributed by atoms with van der Waals surface area (Å²) in [7, 11) is 1.52. The van der Waals surface area contributed by atoms with Crippen LogP contribution in [0.25, 0.3) is 0 Å². The van der Waals surface area contributed by atoms with Gasteiger partial charge in [0.2, 0.25) is 11.8 Å². The molecule has 0 bridgehead atoms. The summed E-state index contributed by atoms with van der Waals surface area (Å²) in [5.41, 5.74) is 1.10. The number of carbonyl (C=O) groups excluding carboxylic acids is 2. The normalized spacial score (nSPS) is 11.4. The fourth-order valence-corrected chi connectivity index (χ4v) is 3.18. The van der Waals surface area contributed by atoms with E-state index < -0.39 is 5.25 Å². The molecule has 0 fully saturated rings. The van der Waals surface area contributed by atoms with Crippen molar-refractivity contribution in [2.45, 2.75) is 19.1 Å². The molecule has 0 saturated carbocycles. The molecule has 1 atom stereocenters. The Bertz CT molecular complexity index is 832. The third-order valence-corrected chi connectivity index (χ3v) is 5.09. The molecule has 0 aromatic heterocycles. The van der Waals surface area contributed by atoms with Crippen LogP contribution in [0.4, 0.5) is 11.4 Å². The highest BCUT2D eigenvalue weighted by atomic mass is 35.5. The van der Waals surface area contributed by atoms with Gasteiger partial charge in [-0.15, -0.1) is 11.8 Å². The molecule has 2 aromatic rings. The summed E-state index contributed by atoms with van der Waals surface area (Å²) in [5, 5.41) is 5.63. The highest BCUT2D eigenvalue weighted by molar-refractivity contribution is 8.01. The zero-order valence-electron chi connectivity index (χ0n) is 16.0. The van der Waals surface area contributed by atoms with E-state index >= 15 is 0 Å². The minimum Gasteiger partial charge on any atom is -0.495 e. The quantitative estimate of drug-likeness (QED) is 0.624. The van der Waals surface area contributed by atoms with Gasteiger partial charge in [0.05, 0.1) is 36.1 Å². The molecule has 8 heteroatoms. The summed E-state index contributed by atoms with van der Waals surface area (Å²) >= 11 is 7.21. The lowest BCUT2D eigenvalue weighted by Crippen LogP contribution is -2.25. The number of ether oxygens (including phenoxy) is 2. The van der Waals surface area contributed by atoms with Gasteiger partial charge in [0.1, 0.15) is 11.5 Å². The molecule has 0 aliphatic heterocycles. The Kier molecular flexibility index (Phi) is 8.47. The van der Waals surface area contributed by atoms with Gasteiger partial charge in [0.25, 0.3) is 0 Å². The summed E-state index contributed by atoms with van der Waals surface area (Å²) in [6, 6.07) is 12.2. The Morgan fingerprint density at radius 1 is 1.11 bits per heavy atom. The van der Waals surface area contributed by atoms with Gasteiger partial charge < -0.3 is 20.1 Å². The molecule has 2 amide bonds. The monoisotopic (exact) mass is 422 g/mol. The van der Waals surface area contributed by atoms with Crippen molar-refractivity contribution in [1.29, 1.82) is 0 Å². The second-order valence-electron chi connectivity index (χ2n) is 5.76. The Morgan fingerprint density at radius 2 is 1.86 bits per heavy atom. The average molecular weight is 423 g/mol. The minimum atomic E-state index is -0.448. The van der Waals surface area contributed by atoms with E-state index in [9.17, 15) is 9.59 Å². The van der Waals surface area contributed by atoms with E-state index in [-0.39, 0.29) is 17.6 Å². The molecule has 2 rings (SSSR count). The van der Waals surface area contributed by atoms with Crippen LogP contribution in [0.15, 0.2) is 42.5 Å². The third-order valence-electron chi connectivity index (χ3n) is 3.71. The average Bonchev–Trinajstić information content (AvgIpc) is 2.68. The maximum atomic E-state index is 12.4. The van der Waals surface area contributed by atoms with Gasteiger partial charge in [0.15, 0.2) is 0 Å². The second-order valence-corrected chi connectivity index (χ2v) is 7.53. The number of benzene rings is 2. The number of rotatable bonds is 9. The molecule has 28 heavy (non-hydrogen) atoms. The summed E-state index contributed by atoms with van der Waals surface area (Å²) in [5.74, 6) is 0.800. The molecule has 0 radical (unpaired) electrons.